The van der Waals surface area contributed by atoms with Gasteiger partial charge in [-0.15, -0.1) is 0 Å². The number of nitrogens with zero attached hydrogens (tertiary/aromatic N) is 1. The Balaban J connectivity index is 2.96. The average Bonchev–Trinajstić information content (AvgIpc) is 2.25. The van der Waals surface area contributed by atoms with Crippen LogP contribution < -0.4 is 9.62 Å². The van der Waals surface area contributed by atoms with Gasteiger partial charge in [0.05, 0.1) is 22.2 Å². The molecular weight excluding hydrogens is 284 g/mol. The summed E-state index contributed by atoms with van der Waals surface area (Å²) in [4.78, 5) is 1.79. The zero-order valence-electron chi connectivity index (χ0n) is 11.8. The second kappa shape index (κ2) is 6.48. The van der Waals surface area contributed by atoms with Crippen molar-refractivity contribution in [3.63, 3.8) is 0 Å². The van der Waals surface area contributed by atoms with E-state index in [-0.39, 0.29) is 5.75 Å². The maximum atomic E-state index is 12.0. The van der Waals surface area contributed by atoms with Crippen molar-refractivity contribution in [2.24, 2.45) is 5.92 Å². The van der Waals surface area contributed by atoms with Crippen molar-refractivity contribution in [3.05, 3.63) is 23.2 Å². The topological polar surface area (TPSA) is 49.4 Å². The molecule has 4 nitrogen and oxygen atoms in total. The second-order valence-electron chi connectivity index (χ2n) is 5.13. The van der Waals surface area contributed by atoms with E-state index in [2.05, 4.69) is 4.72 Å². The van der Waals surface area contributed by atoms with Gasteiger partial charge in [0.25, 0.3) is 0 Å². The maximum Gasteiger partial charge on any atom is 0.232 e. The molecule has 0 aliphatic heterocycles. The predicted octanol–water partition coefficient (Wildman–Crippen LogP) is 3.19. The summed E-state index contributed by atoms with van der Waals surface area (Å²) in [7, 11) is 0.315. The van der Waals surface area contributed by atoms with Gasteiger partial charge in [-0.3, -0.25) is 4.72 Å². The summed E-state index contributed by atoms with van der Waals surface area (Å²) >= 11 is 6.10. The van der Waals surface area contributed by atoms with Crippen LogP contribution in [0.4, 0.5) is 11.4 Å². The van der Waals surface area contributed by atoms with Gasteiger partial charge in [0.15, 0.2) is 0 Å². The molecule has 0 amide bonds. The van der Waals surface area contributed by atoms with Crippen molar-refractivity contribution < 1.29 is 8.42 Å². The van der Waals surface area contributed by atoms with Gasteiger partial charge in [0.1, 0.15) is 0 Å². The maximum absolute atomic E-state index is 12.0. The molecule has 0 aliphatic rings. The minimum Gasteiger partial charge on any atom is -0.375 e. The van der Waals surface area contributed by atoms with Gasteiger partial charge in [-0.2, -0.15) is 0 Å². The van der Waals surface area contributed by atoms with Crippen LogP contribution in [0.1, 0.15) is 20.3 Å². The molecule has 0 heterocycles. The monoisotopic (exact) mass is 304 g/mol. The molecule has 0 radical (unpaired) electrons. The van der Waals surface area contributed by atoms with Gasteiger partial charge in [-0.25, -0.2) is 8.42 Å². The SMILES string of the molecule is CC(C)CCS(=O)(=O)Nc1cccc(Cl)c1N(C)C. The number of halogens is 1. The number of hydrogen-bond acceptors (Lipinski definition) is 3. The number of hydrogen-bond donors (Lipinski definition) is 1. The Kier molecular flexibility index (Phi) is 5.50. The first-order valence-electron chi connectivity index (χ1n) is 6.19. The first kappa shape index (κ1) is 16.1. The molecule has 19 heavy (non-hydrogen) atoms. The predicted molar refractivity (Wildman–Crippen MR) is 82.6 cm³/mol. The van der Waals surface area contributed by atoms with Crippen LogP contribution >= 0.6 is 11.6 Å². The number of benzene rings is 1. The van der Waals surface area contributed by atoms with Gasteiger partial charge >= 0.3 is 0 Å². The van der Waals surface area contributed by atoms with E-state index in [0.29, 0.717) is 28.7 Å². The Bertz CT molecular complexity index is 527. The molecule has 0 saturated carbocycles. The lowest BCUT2D eigenvalue weighted by Crippen LogP contribution is -2.20. The highest BCUT2D eigenvalue weighted by Gasteiger charge is 2.16. The smallest absolute Gasteiger partial charge is 0.232 e. The third kappa shape index (κ3) is 4.91. The second-order valence-corrected chi connectivity index (χ2v) is 7.38. The van der Waals surface area contributed by atoms with E-state index in [1.54, 1.807) is 23.1 Å². The minimum absolute atomic E-state index is 0.115. The Morgan fingerprint density at radius 3 is 2.47 bits per heavy atom. The standard InChI is InChI=1S/C13H21ClN2O2S/c1-10(2)8-9-19(17,18)15-12-7-5-6-11(14)13(12)16(3)4/h5-7,10,15H,8-9H2,1-4H3. The Morgan fingerprint density at radius 1 is 1.32 bits per heavy atom. The zero-order chi connectivity index (χ0) is 14.6. The summed E-state index contributed by atoms with van der Waals surface area (Å²) in [6.07, 6.45) is 0.632. The van der Waals surface area contributed by atoms with Crippen molar-refractivity contribution in [1.29, 1.82) is 0 Å². The minimum atomic E-state index is -3.34. The summed E-state index contributed by atoms with van der Waals surface area (Å²) < 4.78 is 26.6. The summed E-state index contributed by atoms with van der Waals surface area (Å²) in [6, 6.07) is 5.19. The average molecular weight is 305 g/mol. The lowest BCUT2D eigenvalue weighted by molar-refractivity contribution is 0.578. The molecule has 1 N–H and O–H groups in total. The highest BCUT2D eigenvalue weighted by atomic mass is 35.5. The van der Waals surface area contributed by atoms with Crippen LogP contribution in [-0.2, 0) is 10.0 Å². The molecular formula is C13H21ClN2O2S. The molecule has 1 aromatic rings. The zero-order valence-corrected chi connectivity index (χ0v) is 13.3. The molecule has 0 aliphatic carbocycles. The largest absolute Gasteiger partial charge is 0.375 e. The molecule has 1 aromatic carbocycles. The van der Waals surface area contributed by atoms with Crippen molar-refractivity contribution in [2.45, 2.75) is 20.3 Å². The lowest BCUT2D eigenvalue weighted by Gasteiger charge is -2.20. The molecule has 0 unspecified atom stereocenters. The van der Waals surface area contributed by atoms with Crippen LogP contribution in [0.2, 0.25) is 5.02 Å². The lowest BCUT2D eigenvalue weighted by atomic mass is 10.2. The molecule has 0 aromatic heterocycles. The first-order chi connectivity index (χ1) is 8.73. The van der Waals surface area contributed by atoms with Crippen LogP contribution in [0, 0.1) is 5.92 Å². The van der Waals surface area contributed by atoms with E-state index >= 15 is 0 Å². The van der Waals surface area contributed by atoms with E-state index in [1.807, 2.05) is 27.9 Å². The van der Waals surface area contributed by atoms with E-state index < -0.39 is 10.0 Å². The van der Waals surface area contributed by atoms with Crippen LogP contribution in [0.3, 0.4) is 0 Å². The number of para-hydroxylation sites is 1. The fourth-order valence-electron chi connectivity index (χ4n) is 1.66. The molecule has 1 rings (SSSR count). The third-order valence-electron chi connectivity index (χ3n) is 2.66. The highest BCUT2D eigenvalue weighted by Crippen LogP contribution is 2.33. The van der Waals surface area contributed by atoms with Crippen molar-refractivity contribution in [3.8, 4) is 0 Å². The molecule has 0 atom stereocenters. The van der Waals surface area contributed by atoms with Gasteiger partial charge < -0.3 is 4.90 Å². The summed E-state index contributed by atoms with van der Waals surface area (Å²) in [6.45, 7) is 4.00. The molecule has 108 valence electrons. The van der Waals surface area contributed by atoms with E-state index in [4.69, 9.17) is 11.6 Å². The van der Waals surface area contributed by atoms with E-state index in [1.165, 1.54) is 0 Å². The molecule has 0 saturated heterocycles. The number of rotatable bonds is 6. The summed E-state index contributed by atoms with van der Waals surface area (Å²) in [5.41, 5.74) is 1.19. The van der Waals surface area contributed by atoms with Gasteiger partial charge in [-0.1, -0.05) is 31.5 Å². The number of nitrogens with one attached hydrogen (secondary N) is 1. The summed E-state index contributed by atoms with van der Waals surface area (Å²) in [5, 5.41) is 0.522. The molecule has 0 spiro atoms. The van der Waals surface area contributed by atoms with Gasteiger partial charge in [0, 0.05) is 14.1 Å². The summed E-state index contributed by atoms with van der Waals surface area (Å²) in [5.74, 6) is 0.466. The van der Waals surface area contributed by atoms with Crippen molar-refractivity contribution in [1.82, 2.24) is 0 Å². The molecule has 6 heteroatoms. The van der Waals surface area contributed by atoms with Crippen LogP contribution in [0.5, 0.6) is 0 Å². The fourth-order valence-corrected chi connectivity index (χ4v) is 3.39. The van der Waals surface area contributed by atoms with Crippen LogP contribution in [0.25, 0.3) is 0 Å². The highest BCUT2D eigenvalue weighted by molar-refractivity contribution is 7.92. The van der Waals surface area contributed by atoms with Crippen molar-refractivity contribution in [2.75, 3.05) is 29.5 Å². The molecule has 0 bridgehead atoms. The van der Waals surface area contributed by atoms with E-state index in [0.717, 1.165) is 0 Å². The quantitative estimate of drug-likeness (QED) is 0.878. The van der Waals surface area contributed by atoms with Crippen LogP contribution in [0.15, 0.2) is 18.2 Å². The van der Waals surface area contributed by atoms with Crippen LogP contribution in [-0.4, -0.2) is 28.3 Å². The Hall–Kier alpha value is -0.940. The number of anilines is 2. The molecule has 0 fully saturated rings. The Morgan fingerprint density at radius 2 is 1.95 bits per heavy atom. The van der Waals surface area contributed by atoms with Gasteiger partial charge in [0.2, 0.25) is 10.0 Å². The first-order valence-corrected chi connectivity index (χ1v) is 8.22. The van der Waals surface area contributed by atoms with E-state index in [9.17, 15) is 8.42 Å². The fraction of sp³-hybridized carbons (Fsp3) is 0.538. The Labute approximate surface area is 120 Å². The van der Waals surface area contributed by atoms with Gasteiger partial charge in [-0.05, 0) is 24.5 Å². The number of sulfonamides is 1. The third-order valence-corrected chi connectivity index (χ3v) is 4.27. The van der Waals surface area contributed by atoms with Crippen molar-refractivity contribution >= 4 is 33.0 Å². The normalized spacial score (nSPS) is 11.7.